The topological polar surface area (TPSA) is 50.1 Å². The highest BCUT2D eigenvalue weighted by molar-refractivity contribution is 5.92. The Morgan fingerprint density at radius 3 is 2.69 bits per heavy atom. The van der Waals surface area contributed by atoms with Crippen molar-refractivity contribution in [1.29, 1.82) is 5.26 Å². The Morgan fingerprint density at radius 1 is 1.69 bits per heavy atom. The maximum atomic E-state index is 11.2. The highest BCUT2D eigenvalue weighted by Gasteiger charge is 2.36. The minimum atomic E-state index is -0.502. The van der Waals surface area contributed by atoms with Gasteiger partial charge >= 0.3 is 5.97 Å². The second-order valence-corrected chi connectivity index (χ2v) is 3.54. The van der Waals surface area contributed by atoms with Crippen LogP contribution < -0.4 is 0 Å². The van der Waals surface area contributed by atoms with Gasteiger partial charge < -0.3 is 4.74 Å². The van der Waals surface area contributed by atoms with E-state index in [1.807, 2.05) is 13.0 Å². The maximum Gasteiger partial charge on any atom is 0.348 e. The molecule has 0 saturated heterocycles. The first-order chi connectivity index (χ1) is 6.11. The van der Waals surface area contributed by atoms with Gasteiger partial charge in [0.1, 0.15) is 11.6 Å². The quantitative estimate of drug-likeness (QED) is 0.377. The van der Waals surface area contributed by atoms with E-state index in [2.05, 4.69) is 0 Å². The summed E-state index contributed by atoms with van der Waals surface area (Å²) >= 11 is 0. The number of nitrogens with zero attached hydrogens (tertiary/aromatic N) is 1. The lowest BCUT2D eigenvalue weighted by Crippen LogP contribution is -2.07. The van der Waals surface area contributed by atoms with E-state index in [1.54, 1.807) is 13.0 Å². The van der Waals surface area contributed by atoms with Crippen LogP contribution in [-0.4, -0.2) is 12.6 Å². The molecule has 0 aromatic heterocycles. The van der Waals surface area contributed by atoms with Crippen LogP contribution in [0.4, 0.5) is 0 Å². The summed E-state index contributed by atoms with van der Waals surface area (Å²) in [5, 5.41) is 8.70. The maximum absolute atomic E-state index is 11.2. The Kier molecular flexibility index (Phi) is 2.72. The zero-order valence-electron chi connectivity index (χ0n) is 7.96. The number of esters is 1. The van der Waals surface area contributed by atoms with Crippen LogP contribution >= 0.6 is 0 Å². The van der Waals surface area contributed by atoms with Crippen molar-refractivity contribution < 1.29 is 9.53 Å². The first kappa shape index (κ1) is 9.79. The SMILES string of the molecule is CCOC(=O)C(C#N)=CC1(C)CC1. The van der Waals surface area contributed by atoms with Crippen LogP contribution in [0.15, 0.2) is 11.6 Å². The molecule has 1 fully saturated rings. The van der Waals surface area contributed by atoms with Crippen molar-refractivity contribution in [3.63, 3.8) is 0 Å². The van der Waals surface area contributed by atoms with Crippen LogP contribution in [0.25, 0.3) is 0 Å². The Hall–Kier alpha value is -1.30. The Labute approximate surface area is 78.0 Å². The Morgan fingerprint density at radius 2 is 2.31 bits per heavy atom. The number of hydrogen-bond donors (Lipinski definition) is 0. The van der Waals surface area contributed by atoms with Gasteiger partial charge in [-0.15, -0.1) is 0 Å². The fourth-order valence-electron chi connectivity index (χ4n) is 1.04. The van der Waals surface area contributed by atoms with Crippen molar-refractivity contribution in [3.05, 3.63) is 11.6 Å². The van der Waals surface area contributed by atoms with Crippen LogP contribution in [-0.2, 0) is 9.53 Å². The summed E-state index contributed by atoms with van der Waals surface area (Å²) in [4.78, 5) is 11.2. The molecule has 0 aromatic carbocycles. The molecule has 0 unspecified atom stereocenters. The normalized spacial score (nSPS) is 19.0. The first-order valence-electron chi connectivity index (χ1n) is 4.41. The van der Waals surface area contributed by atoms with E-state index in [1.165, 1.54) is 0 Å². The molecule has 0 aromatic rings. The minimum absolute atomic E-state index is 0.0673. The summed E-state index contributed by atoms with van der Waals surface area (Å²) in [5.41, 5.74) is 0.208. The van der Waals surface area contributed by atoms with Crippen LogP contribution in [0.2, 0.25) is 0 Å². The third-order valence-corrected chi connectivity index (χ3v) is 2.15. The number of nitriles is 1. The van der Waals surface area contributed by atoms with Crippen molar-refractivity contribution in [3.8, 4) is 6.07 Å². The lowest BCUT2D eigenvalue weighted by molar-refractivity contribution is -0.138. The summed E-state index contributed by atoms with van der Waals surface area (Å²) in [6.45, 7) is 4.07. The molecule has 0 aliphatic heterocycles. The number of hydrogen-bond acceptors (Lipinski definition) is 3. The van der Waals surface area contributed by atoms with E-state index in [-0.39, 0.29) is 11.0 Å². The van der Waals surface area contributed by atoms with Gasteiger partial charge in [0.25, 0.3) is 0 Å². The summed E-state index contributed by atoms with van der Waals surface area (Å²) in [7, 11) is 0. The Balaban J connectivity index is 2.68. The molecule has 0 heterocycles. The molecular weight excluding hydrogens is 166 g/mol. The minimum Gasteiger partial charge on any atom is -0.462 e. The third kappa shape index (κ3) is 2.59. The third-order valence-electron chi connectivity index (χ3n) is 2.15. The zero-order valence-corrected chi connectivity index (χ0v) is 7.96. The van der Waals surface area contributed by atoms with Gasteiger partial charge in [0.2, 0.25) is 0 Å². The summed E-state index contributed by atoms with van der Waals surface area (Å²) in [5.74, 6) is -0.502. The van der Waals surface area contributed by atoms with E-state index in [9.17, 15) is 4.79 Å². The fraction of sp³-hybridized carbons (Fsp3) is 0.600. The molecule has 0 bridgehead atoms. The average Bonchev–Trinajstić information content (AvgIpc) is 2.81. The van der Waals surface area contributed by atoms with Crippen molar-refractivity contribution >= 4 is 5.97 Å². The van der Waals surface area contributed by atoms with Crippen molar-refractivity contribution in [2.75, 3.05) is 6.61 Å². The smallest absolute Gasteiger partial charge is 0.348 e. The van der Waals surface area contributed by atoms with E-state index < -0.39 is 5.97 Å². The molecule has 3 heteroatoms. The van der Waals surface area contributed by atoms with E-state index >= 15 is 0 Å². The van der Waals surface area contributed by atoms with Gasteiger partial charge in [-0.1, -0.05) is 13.0 Å². The first-order valence-corrected chi connectivity index (χ1v) is 4.41. The van der Waals surface area contributed by atoms with Gasteiger partial charge in [0.15, 0.2) is 0 Å². The summed E-state index contributed by atoms with van der Waals surface area (Å²) < 4.78 is 4.74. The number of allylic oxidation sites excluding steroid dienone is 1. The fourth-order valence-corrected chi connectivity index (χ4v) is 1.04. The molecule has 0 spiro atoms. The molecule has 70 valence electrons. The van der Waals surface area contributed by atoms with Crippen molar-refractivity contribution in [2.45, 2.75) is 26.7 Å². The number of rotatable bonds is 3. The van der Waals surface area contributed by atoms with E-state index in [4.69, 9.17) is 10.00 Å². The van der Waals surface area contributed by atoms with E-state index in [0.29, 0.717) is 6.61 Å². The molecule has 1 aliphatic carbocycles. The molecule has 1 saturated carbocycles. The van der Waals surface area contributed by atoms with Gasteiger partial charge in [-0.25, -0.2) is 4.79 Å². The van der Waals surface area contributed by atoms with Crippen LogP contribution in [0, 0.1) is 16.7 Å². The van der Waals surface area contributed by atoms with E-state index in [0.717, 1.165) is 12.8 Å². The molecule has 0 amide bonds. The van der Waals surface area contributed by atoms with Gasteiger partial charge in [0, 0.05) is 0 Å². The lowest BCUT2D eigenvalue weighted by Gasteiger charge is -2.02. The summed E-state index contributed by atoms with van der Waals surface area (Å²) in [6, 6.07) is 1.87. The number of ether oxygens (including phenoxy) is 1. The predicted octanol–water partition coefficient (Wildman–Crippen LogP) is 1.80. The second-order valence-electron chi connectivity index (χ2n) is 3.54. The highest BCUT2D eigenvalue weighted by atomic mass is 16.5. The molecule has 3 nitrogen and oxygen atoms in total. The molecule has 0 radical (unpaired) electrons. The lowest BCUT2D eigenvalue weighted by atomic mass is 10.1. The Bertz CT molecular complexity index is 282. The molecular formula is C10H13NO2. The second kappa shape index (κ2) is 3.61. The van der Waals surface area contributed by atoms with Crippen LogP contribution in [0.1, 0.15) is 26.7 Å². The van der Waals surface area contributed by atoms with Crippen LogP contribution in [0.3, 0.4) is 0 Å². The van der Waals surface area contributed by atoms with Gasteiger partial charge in [-0.2, -0.15) is 5.26 Å². The largest absolute Gasteiger partial charge is 0.462 e. The van der Waals surface area contributed by atoms with Crippen molar-refractivity contribution in [1.82, 2.24) is 0 Å². The van der Waals surface area contributed by atoms with Gasteiger partial charge in [-0.3, -0.25) is 0 Å². The van der Waals surface area contributed by atoms with Crippen LogP contribution in [0.5, 0.6) is 0 Å². The molecule has 0 atom stereocenters. The number of carbonyl (C=O) groups excluding carboxylic acids is 1. The van der Waals surface area contributed by atoms with Crippen molar-refractivity contribution in [2.24, 2.45) is 5.41 Å². The van der Waals surface area contributed by atoms with Gasteiger partial charge in [0.05, 0.1) is 6.61 Å². The van der Waals surface area contributed by atoms with Gasteiger partial charge in [-0.05, 0) is 25.2 Å². The summed E-state index contributed by atoms with van der Waals surface area (Å²) in [6.07, 6.45) is 3.83. The molecule has 0 N–H and O–H groups in total. The average molecular weight is 179 g/mol. The molecule has 1 rings (SSSR count). The number of carbonyl (C=O) groups is 1. The molecule has 13 heavy (non-hydrogen) atoms. The standard InChI is InChI=1S/C10H13NO2/c1-3-13-9(12)8(7-11)6-10(2)4-5-10/h6H,3-5H2,1-2H3. The predicted molar refractivity (Wildman–Crippen MR) is 47.7 cm³/mol. The highest BCUT2D eigenvalue weighted by Crippen LogP contribution is 2.47. The molecule has 1 aliphatic rings. The monoisotopic (exact) mass is 179 g/mol. The zero-order chi connectivity index (χ0) is 9.90.